The molecule has 1 aliphatic heterocycles. The molecule has 0 fully saturated rings. The average molecular weight is 459 g/mol. The van der Waals surface area contributed by atoms with Gasteiger partial charge in [0.2, 0.25) is 5.91 Å². The van der Waals surface area contributed by atoms with Gasteiger partial charge in [0.1, 0.15) is 22.7 Å². The number of aromatic nitrogens is 2. The quantitative estimate of drug-likeness (QED) is 0.546. The van der Waals surface area contributed by atoms with Crippen molar-refractivity contribution < 1.29 is 23.5 Å². The van der Waals surface area contributed by atoms with Crippen LogP contribution < -0.4 is 15.0 Å². The third kappa shape index (κ3) is 3.74. The first-order chi connectivity index (χ1) is 15.4. The van der Waals surface area contributed by atoms with Crippen LogP contribution in [-0.4, -0.2) is 54.5 Å². The molecule has 168 valence electrons. The second-order valence-electron chi connectivity index (χ2n) is 7.53. The van der Waals surface area contributed by atoms with Gasteiger partial charge < -0.3 is 19.2 Å². The standard InChI is InChI=1S/C22H23ClN4O5/c1-22(21(29)24-8-10-30-2)13-26-17(12-16(25-26)19-5-4-9-32-19)20(28)27(22)14-6-7-18(31-3)15(23)11-14/h4-7,9,11-12H,8,10,13H2,1-3H3,(H,24,29)/t22-/m0/s1. The van der Waals surface area contributed by atoms with Crippen molar-refractivity contribution in [2.24, 2.45) is 0 Å². The number of nitrogens with one attached hydrogen (secondary N) is 1. The zero-order valence-corrected chi connectivity index (χ0v) is 18.7. The van der Waals surface area contributed by atoms with Crippen LogP contribution in [0.2, 0.25) is 5.02 Å². The number of ether oxygens (including phenoxy) is 2. The Balaban J connectivity index is 1.79. The third-order valence-corrected chi connectivity index (χ3v) is 5.70. The molecule has 4 rings (SSSR count). The molecule has 1 N–H and O–H groups in total. The smallest absolute Gasteiger partial charge is 0.277 e. The van der Waals surface area contributed by atoms with Gasteiger partial charge in [-0.1, -0.05) is 11.6 Å². The lowest BCUT2D eigenvalue weighted by Crippen LogP contribution is -2.64. The number of furan rings is 1. The van der Waals surface area contributed by atoms with Crippen molar-refractivity contribution in [3.8, 4) is 17.2 Å². The summed E-state index contributed by atoms with van der Waals surface area (Å²) in [4.78, 5) is 28.4. The lowest BCUT2D eigenvalue weighted by atomic mass is 9.94. The Hall–Kier alpha value is -3.30. The van der Waals surface area contributed by atoms with Crippen molar-refractivity contribution in [1.29, 1.82) is 0 Å². The fraction of sp³-hybridized carbons (Fsp3) is 0.318. The van der Waals surface area contributed by atoms with Gasteiger partial charge in [-0.2, -0.15) is 5.10 Å². The number of hydrogen-bond acceptors (Lipinski definition) is 6. The minimum absolute atomic E-state index is 0.136. The molecule has 3 heterocycles. The Labute approximate surface area is 189 Å². The molecule has 1 atom stereocenters. The molecule has 0 saturated carbocycles. The molecule has 0 bridgehead atoms. The number of nitrogens with zero attached hydrogens (tertiary/aromatic N) is 3. The molecule has 0 radical (unpaired) electrons. The zero-order chi connectivity index (χ0) is 22.9. The minimum atomic E-state index is -1.28. The van der Waals surface area contributed by atoms with Gasteiger partial charge in [-0.15, -0.1) is 0 Å². The summed E-state index contributed by atoms with van der Waals surface area (Å²) in [6.07, 6.45) is 1.54. The summed E-state index contributed by atoms with van der Waals surface area (Å²) in [6.45, 7) is 2.49. The number of benzene rings is 1. The Morgan fingerprint density at radius 2 is 2.12 bits per heavy atom. The van der Waals surface area contributed by atoms with Crippen LogP contribution in [0.25, 0.3) is 11.5 Å². The van der Waals surface area contributed by atoms with Crippen molar-refractivity contribution in [3.05, 3.63) is 53.4 Å². The fourth-order valence-corrected chi connectivity index (χ4v) is 4.03. The molecular weight excluding hydrogens is 436 g/mol. The molecule has 32 heavy (non-hydrogen) atoms. The largest absolute Gasteiger partial charge is 0.495 e. The minimum Gasteiger partial charge on any atom is -0.495 e. The first-order valence-electron chi connectivity index (χ1n) is 9.96. The van der Waals surface area contributed by atoms with E-state index >= 15 is 0 Å². The number of fused-ring (bicyclic) bond motifs is 1. The normalized spacial score (nSPS) is 17.9. The number of methoxy groups -OCH3 is 2. The van der Waals surface area contributed by atoms with Gasteiger partial charge in [-0.05, 0) is 37.3 Å². The maximum Gasteiger partial charge on any atom is 0.277 e. The van der Waals surface area contributed by atoms with Gasteiger partial charge in [0.05, 0.1) is 31.5 Å². The van der Waals surface area contributed by atoms with E-state index in [2.05, 4.69) is 10.4 Å². The summed E-state index contributed by atoms with van der Waals surface area (Å²) in [6, 6.07) is 10.1. The number of carbonyl (C=O) groups excluding carboxylic acids is 2. The Bertz CT molecular complexity index is 1140. The fourth-order valence-electron chi connectivity index (χ4n) is 3.78. The van der Waals surface area contributed by atoms with Gasteiger partial charge >= 0.3 is 0 Å². The van der Waals surface area contributed by atoms with E-state index in [4.69, 9.17) is 25.5 Å². The molecule has 9 nitrogen and oxygen atoms in total. The van der Waals surface area contributed by atoms with Gasteiger partial charge in [0.15, 0.2) is 5.76 Å². The van der Waals surface area contributed by atoms with Crippen LogP contribution in [0, 0.1) is 0 Å². The zero-order valence-electron chi connectivity index (χ0n) is 17.9. The van der Waals surface area contributed by atoms with Crippen LogP contribution in [0.5, 0.6) is 5.75 Å². The van der Waals surface area contributed by atoms with Crippen molar-refractivity contribution in [2.45, 2.75) is 19.0 Å². The number of carbonyl (C=O) groups is 2. The van der Waals surface area contributed by atoms with E-state index in [-0.39, 0.29) is 18.4 Å². The second kappa shape index (κ2) is 8.68. The lowest BCUT2D eigenvalue weighted by Gasteiger charge is -2.43. The van der Waals surface area contributed by atoms with Crippen LogP contribution in [0.1, 0.15) is 17.4 Å². The molecule has 1 aliphatic rings. The van der Waals surface area contributed by atoms with Crippen LogP contribution in [0.15, 0.2) is 47.1 Å². The molecule has 1 aromatic carbocycles. The highest BCUT2D eigenvalue weighted by Crippen LogP contribution is 2.37. The molecule has 0 saturated heterocycles. The first kappa shape index (κ1) is 21.9. The number of halogens is 1. The first-order valence-corrected chi connectivity index (χ1v) is 10.3. The highest BCUT2D eigenvalue weighted by molar-refractivity contribution is 6.32. The second-order valence-corrected chi connectivity index (χ2v) is 7.94. The predicted octanol–water partition coefficient (Wildman–Crippen LogP) is 2.99. The van der Waals surface area contributed by atoms with Crippen LogP contribution in [-0.2, 0) is 16.1 Å². The van der Waals surface area contributed by atoms with E-state index in [1.54, 1.807) is 50.4 Å². The SMILES string of the molecule is COCCNC(=O)[C@]1(C)Cn2nc(-c3ccco3)cc2C(=O)N1c1ccc(OC)c(Cl)c1. The Morgan fingerprint density at radius 3 is 2.78 bits per heavy atom. The van der Waals surface area contributed by atoms with E-state index in [0.29, 0.717) is 46.8 Å². The van der Waals surface area contributed by atoms with E-state index in [0.717, 1.165) is 0 Å². The van der Waals surface area contributed by atoms with Crippen molar-refractivity contribution in [1.82, 2.24) is 15.1 Å². The summed E-state index contributed by atoms with van der Waals surface area (Å²) in [5, 5.41) is 7.69. The van der Waals surface area contributed by atoms with Crippen LogP contribution in [0.3, 0.4) is 0 Å². The maximum atomic E-state index is 13.7. The molecule has 3 aromatic rings. The summed E-state index contributed by atoms with van der Waals surface area (Å²) in [5.74, 6) is 0.281. The number of hydrogen-bond donors (Lipinski definition) is 1. The molecule has 10 heteroatoms. The predicted molar refractivity (Wildman–Crippen MR) is 118 cm³/mol. The molecular formula is C22H23ClN4O5. The molecule has 2 aromatic heterocycles. The van der Waals surface area contributed by atoms with E-state index in [1.165, 1.54) is 23.0 Å². The highest BCUT2D eigenvalue weighted by Gasteiger charge is 2.49. The van der Waals surface area contributed by atoms with Gasteiger partial charge in [0.25, 0.3) is 5.91 Å². The van der Waals surface area contributed by atoms with Crippen molar-refractivity contribution >= 4 is 29.1 Å². The summed E-state index contributed by atoms with van der Waals surface area (Å²) >= 11 is 6.33. The highest BCUT2D eigenvalue weighted by atomic mass is 35.5. The maximum absolute atomic E-state index is 13.7. The van der Waals surface area contributed by atoms with Crippen molar-refractivity contribution in [3.63, 3.8) is 0 Å². The average Bonchev–Trinajstić information content (AvgIpc) is 3.44. The number of rotatable bonds is 7. The molecule has 0 spiro atoms. The summed E-state index contributed by atoms with van der Waals surface area (Å²) < 4.78 is 17.2. The van der Waals surface area contributed by atoms with Gasteiger partial charge in [-0.3, -0.25) is 19.2 Å². The Kier molecular flexibility index (Phi) is 5.94. The monoisotopic (exact) mass is 458 g/mol. The molecule has 0 unspecified atom stereocenters. The van der Waals surface area contributed by atoms with Crippen LogP contribution >= 0.6 is 11.6 Å². The van der Waals surface area contributed by atoms with Crippen molar-refractivity contribution in [2.75, 3.05) is 32.3 Å². The van der Waals surface area contributed by atoms with Gasteiger partial charge in [-0.25, -0.2) is 0 Å². The lowest BCUT2D eigenvalue weighted by molar-refractivity contribution is -0.126. The molecule has 2 amide bonds. The topological polar surface area (TPSA) is 98.8 Å². The Morgan fingerprint density at radius 1 is 1.31 bits per heavy atom. The van der Waals surface area contributed by atoms with E-state index < -0.39 is 5.54 Å². The van der Waals surface area contributed by atoms with E-state index in [9.17, 15) is 9.59 Å². The van der Waals surface area contributed by atoms with Crippen LogP contribution in [0.4, 0.5) is 5.69 Å². The summed E-state index contributed by atoms with van der Waals surface area (Å²) in [7, 11) is 3.06. The van der Waals surface area contributed by atoms with Gasteiger partial charge in [0, 0.05) is 25.4 Å². The van der Waals surface area contributed by atoms with E-state index in [1.807, 2.05) is 0 Å². The third-order valence-electron chi connectivity index (χ3n) is 5.40. The number of anilines is 1. The number of amides is 2. The summed E-state index contributed by atoms with van der Waals surface area (Å²) in [5.41, 5.74) is 0.0418. The molecule has 0 aliphatic carbocycles.